The van der Waals surface area contributed by atoms with Crippen LogP contribution in [0.4, 0.5) is 11.4 Å². The molecule has 0 amide bonds. The Labute approximate surface area is 132 Å². The number of nitro benzene ring substituents is 1. The quantitative estimate of drug-likeness (QED) is 0.643. The van der Waals surface area contributed by atoms with Gasteiger partial charge < -0.3 is 10.2 Å². The molecule has 1 heterocycles. The SMILES string of the molecule is CN(C)C(CNc1ccc(Cl)cc1[N+](=O)[O-])c1cccs1. The van der Waals surface area contributed by atoms with Gasteiger partial charge in [-0.25, -0.2) is 0 Å². The molecule has 0 aliphatic rings. The van der Waals surface area contributed by atoms with Gasteiger partial charge >= 0.3 is 0 Å². The Hall–Kier alpha value is -1.63. The molecular weight excluding hydrogens is 310 g/mol. The second-order valence-corrected chi connectivity index (χ2v) is 6.21. The minimum atomic E-state index is -0.427. The van der Waals surface area contributed by atoms with Crippen molar-refractivity contribution in [3.8, 4) is 0 Å². The lowest BCUT2D eigenvalue weighted by molar-refractivity contribution is -0.383. The lowest BCUT2D eigenvalue weighted by Crippen LogP contribution is -2.26. The highest BCUT2D eigenvalue weighted by molar-refractivity contribution is 7.10. The van der Waals surface area contributed by atoms with Crippen molar-refractivity contribution in [1.82, 2.24) is 4.90 Å². The largest absolute Gasteiger partial charge is 0.378 e. The Morgan fingerprint density at radius 1 is 1.43 bits per heavy atom. The summed E-state index contributed by atoms with van der Waals surface area (Å²) in [4.78, 5) is 13.9. The second kappa shape index (κ2) is 6.89. The highest BCUT2D eigenvalue weighted by atomic mass is 35.5. The number of hydrogen-bond acceptors (Lipinski definition) is 5. The molecule has 2 aromatic rings. The first-order chi connectivity index (χ1) is 9.99. The Morgan fingerprint density at radius 2 is 2.19 bits per heavy atom. The van der Waals surface area contributed by atoms with Crippen LogP contribution in [0, 0.1) is 10.1 Å². The van der Waals surface area contributed by atoms with Gasteiger partial charge in [-0.1, -0.05) is 17.7 Å². The van der Waals surface area contributed by atoms with E-state index in [4.69, 9.17) is 11.6 Å². The average molecular weight is 326 g/mol. The van der Waals surface area contributed by atoms with Crippen molar-refractivity contribution in [3.05, 3.63) is 55.7 Å². The fourth-order valence-electron chi connectivity index (χ4n) is 2.03. The number of nitrogens with zero attached hydrogens (tertiary/aromatic N) is 2. The molecule has 0 fully saturated rings. The van der Waals surface area contributed by atoms with Gasteiger partial charge in [-0.15, -0.1) is 11.3 Å². The number of halogens is 1. The van der Waals surface area contributed by atoms with Crippen LogP contribution >= 0.6 is 22.9 Å². The molecule has 0 aliphatic carbocycles. The van der Waals surface area contributed by atoms with Crippen molar-refractivity contribution in [2.45, 2.75) is 6.04 Å². The summed E-state index contributed by atoms with van der Waals surface area (Å²) in [5.74, 6) is 0. The van der Waals surface area contributed by atoms with Crippen molar-refractivity contribution in [2.24, 2.45) is 0 Å². The summed E-state index contributed by atoms with van der Waals surface area (Å²) in [6, 6.07) is 8.86. The molecule has 1 N–H and O–H groups in total. The number of thiophene rings is 1. The molecule has 1 aromatic heterocycles. The smallest absolute Gasteiger partial charge is 0.293 e. The zero-order valence-electron chi connectivity index (χ0n) is 11.7. The van der Waals surface area contributed by atoms with Gasteiger partial charge in [0.15, 0.2) is 0 Å². The monoisotopic (exact) mass is 325 g/mol. The van der Waals surface area contributed by atoms with Gasteiger partial charge in [0.25, 0.3) is 5.69 Å². The van der Waals surface area contributed by atoms with E-state index in [1.165, 1.54) is 10.9 Å². The van der Waals surface area contributed by atoms with E-state index in [0.717, 1.165) is 0 Å². The lowest BCUT2D eigenvalue weighted by Gasteiger charge is -2.24. The van der Waals surface area contributed by atoms with Crippen LogP contribution in [-0.2, 0) is 0 Å². The fourth-order valence-corrected chi connectivity index (χ4v) is 3.12. The first-order valence-corrected chi connectivity index (χ1v) is 7.62. The summed E-state index contributed by atoms with van der Waals surface area (Å²) in [5, 5.41) is 16.6. The van der Waals surface area contributed by atoms with Gasteiger partial charge in [-0.2, -0.15) is 0 Å². The summed E-state index contributed by atoms with van der Waals surface area (Å²) in [6.45, 7) is 0.579. The molecule has 0 aliphatic heterocycles. The van der Waals surface area contributed by atoms with Gasteiger partial charge in [-0.3, -0.25) is 10.1 Å². The van der Waals surface area contributed by atoms with Crippen LogP contribution in [0.25, 0.3) is 0 Å². The predicted octanol–water partition coefficient (Wildman–Crippen LogP) is 4.02. The van der Waals surface area contributed by atoms with E-state index in [1.807, 2.05) is 25.5 Å². The van der Waals surface area contributed by atoms with Gasteiger partial charge in [0, 0.05) is 22.5 Å². The van der Waals surface area contributed by atoms with E-state index >= 15 is 0 Å². The van der Waals surface area contributed by atoms with E-state index in [1.54, 1.807) is 23.5 Å². The fraction of sp³-hybridized carbons (Fsp3) is 0.286. The normalized spacial score (nSPS) is 12.4. The van der Waals surface area contributed by atoms with E-state index in [2.05, 4.69) is 16.3 Å². The highest BCUT2D eigenvalue weighted by Crippen LogP contribution is 2.29. The number of likely N-dealkylation sites (N-methyl/N-ethyl adjacent to an activating group) is 1. The maximum atomic E-state index is 11.1. The van der Waals surface area contributed by atoms with Crippen molar-refractivity contribution in [3.63, 3.8) is 0 Å². The Morgan fingerprint density at radius 3 is 2.76 bits per heavy atom. The number of benzene rings is 1. The molecule has 5 nitrogen and oxygen atoms in total. The average Bonchev–Trinajstić information content (AvgIpc) is 2.93. The first-order valence-electron chi connectivity index (χ1n) is 6.36. The molecule has 1 aromatic carbocycles. The van der Waals surface area contributed by atoms with Gasteiger partial charge in [0.2, 0.25) is 0 Å². The molecule has 21 heavy (non-hydrogen) atoms. The lowest BCUT2D eigenvalue weighted by atomic mass is 10.2. The van der Waals surface area contributed by atoms with E-state index in [-0.39, 0.29) is 11.7 Å². The highest BCUT2D eigenvalue weighted by Gasteiger charge is 2.18. The summed E-state index contributed by atoms with van der Waals surface area (Å²) >= 11 is 7.49. The second-order valence-electron chi connectivity index (χ2n) is 4.79. The maximum absolute atomic E-state index is 11.1. The summed E-state index contributed by atoms with van der Waals surface area (Å²) in [5.41, 5.74) is 0.471. The molecule has 2 rings (SSSR count). The molecule has 0 radical (unpaired) electrons. The summed E-state index contributed by atoms with van der Waals surface area (Å²) in [6.07, 6.45) is 0. The third-order valence-corrected chi connectivity index (χ3v) is 4.35. The summed E-state index contributed by atoms with van der Waals surface area (Å²) < 4.78 is 0. The topological polar surface area (TPSA) is 58.4 Å². The zero-order valence-corrected chi connectivity index (χ0v) is 13.3. The number of nitro groups is 1. The molecule has 7 heteroatoms. The third kappa shape index (κ3) is 3.93. The molecular formula is C14H16ClN3O2S. The molecule has 0 spiro atoms. The van der Waals surface area contributed by atoms with Crippen LogP contribution in [0.1, 0.15) is 10.9 Å². The van der Waals surface area contributed by atoms with Crippen LogP contribution in [0.5, 0.6) is 0 Å². The minimum Gasteiger partial charge on any atom is -0.378 e. The number of anilines is 1. The standard InChI is InChI=1S/C14H16ClN3O2S/c1-17(2)13(14-4-3-7-21-14)9-16-11-6-5-10(15)8-12(11)18(19)20/h3-8,13,16H,9H2,1-2H3. The van der Waals surface area contributed by atoms with Crippen LogP contribution in [0.15, 0.2) is 35.7 Å². The van der Waals surface area contributed by atoms with Gasteiger partial charge in [0.05, 0.1) is 11.0 Å². The molecule has 112 valence electrons. The number of rotatable bonds is 6. The van der Waals surface area contributed by atoms with Crippen LogP contribution < -0.4 is 5.32 Å². The third-order valence-electron chi connectivity index (χ3n) is 3.14. The van der Waals surface area contributed by atoms with E-state index in [0.29, 0.717) is 17.3 Å². The molecule has 0 saturated carbocycles. The van der Waals surface area contributed by atoms with Gasteiger partial charge in [-0.05, 0) is 37.7 Å². The molecule has 0 saturated heterocycles. The number of nitrogens with one attached hydrogen (secondary N) is 1. The zero-order chi connectivity index (χ0) is 15.4. The Bertz CT molecular complexity index is 617. The van der Waals surface area contributed by atoms with Crippen LogP contribution in [0.3, 0.4) is 0 Å². The summed E-state index contributed by atoms with van der Waals surface area (Å²) in [7, 11) is 3.98. The van der Waals surface area contributed by atoms with E-state index < -0.39 is 4.92 Å². The van der Waals surface area contributed by atoms with E-state index in [9.17, 15) is 10.1 Å². The predicted molar refractivity (Wildman–Crippen MR) is 87.3 cm³/mol. The molecule has 1 unspecified atom stereocenters. The van der Waals surface area contributed by atoms with Crippen molar-refractivity contribution in [2.75, 3.05) is 26.0 Å². The van der Waals surface area contributed by atoms with Gasteiger partial charge in [0.1, 0.15) is 5.69 Å². The van der Waals surface area contributed by atoms with Crippen LogP contribution in [-0.4, -0.2) is 30.5 Å². The molecule has 1 atom stereocenters. The van der Waals surface area contributed by atoms with Crippen molar-refractivity contribution >= 4 is 34.3 Å². The maximum Gasteiger partial charge on any atom is 0.293 e. The van der Waals surface area contributed by atoms with Crippen molar-refractivity contribution < 1.29 is 4.92 Å². The Balaban J connectivity index is 2.16. The van der Waals surface area contributed by atoms with Crippen molar-refractivity contribution in [1.29, 1.82) is 0 Å². The molecule has 0 bridgehead atoms. The Kier molecular flexibility index (Phi) is 5.17. The number of hydrogen-bond donors (Lipinski definition) is 1. The first kappa shape index (κ1) is 15.8. The minimum absolute atomic E-state index is 0.00816. The van der Waals surface area contributed by atoms with Crippen LogP contribution in [0.2, 0.25) is 5.02 Å².